The Kier molecular flexibility index (Phi) is 7.97. The highest BCUT2D eigenvalue weighted by Gasteiger charge is 2.53. The van der Waals surface area contributed by atoms with Crippen LogP contribution in [0.5, 0.6) is 0 Å². The van der Waals surface area contributed by atoms with Crippen LogP contribution in [0.3, 0.4) is 0 Å². The number of ether oxygens (including phenoxy) is 1. The number of carbonyl (C=O) groups is 1. The highest BCUT2D eigenvalue weighted by atomic mass is 79.9. The molecule has 3 heterocycles. The van der Waals surface area contributed by atoms with Crippen LogP contribution in [0.2, 0.25) is 0 Å². The van der Waals surface area contributed by atoms with E-state index < -0.39 is 0 Å². The number of anilines is 1. The van der Waals surface area contributed by atoms with E-state index in [4.69, 9.17) is 10.5 Å². The number of nitrogen functional groups attached to an aromatic ring is 1. The first-order valence-electron chi connectivity index (χ1n) is 14.3. The molecule has 0 saturated heterocycles. The summed E-state index contributed by atoms with van der Waals surface area (Å²) in [5, 5.41) is 0. The molecule has 40 heavy (non-hydrogen) atoms. The molecule has 0 aliphatic heterocycles. The number of aryl methyl sites for hydroxylation is 1. The number of hydrogen-bond donors (Lipinski definition) is 2. The zero-order chi connectivity index (χ0) is 28.7. The van der Waals surface area contributed by atoms with Crippen molar-refractivity contribution in [3.8, 4) is 0 Å². The van der Waals surface area contributed by atoms with Crippen molar-refractivity contribution in [2.75, 3.05) is 12.3 Å². The molecule has 9 heteroatoms. The molecule has 5 rings (SSSR count). The van der Waals surface area contributed by atoms with Crippen LogP contribution in [0.15, 0.2) is 52.7 Å². The van der Waals surface area contributed by atoms with E-state index in [1.54, 1.807) is 12.3 Å². The molecule has 3 aromatic rings. The van der Waals surface area contributed by atoms with E-state index >= 15 is 0 Å². The fraction of sp³-hybridized carbons (Fsp3) is 0.548. The number of aromatic nitrogens is 5. The zero-order valence-corrected chi connectivity index (χ0v) is 25.9. The molecule has 3 N–H and O–H groups in total. The molecule has 2 aliphatic rings. The lowest BCUT2D eigenvalue weighted by molar-refractivity contribution is -0.647. The molecular formula is C31H42BrN6O2+. The SMILES string of the molecule is C/C(=C\Cn1c[n+](C)c2ncnc(N)c21)CC[C@@]1(C)[C@H](C)CC[C@@]2(C)C(COC(=O)c3cc(Br)c[nH]3)=CCC[C@@H]12. The van der Waals surface area contributed by atoms with E-state index in [2.05, 4.69) is 75.3 Å². The van der Waals surface area contributed by atoms with Crippen molar-refractivity contribution >= 4 is 38.9 Å². The fourth-order valence-electron chi connectivity index (χ4n) is 7.33. The first-order chi connectivity index (χ1) is 19.0. The van der Waals surface area contributed by atoms with Gasteiger partial charge < -0.3 is 15.5 Å². The number of H-pyrrole nitrogens is 1. The maximum Gasteiger partial charge on any atom is 0.355 e. The van der Waals surface area contributed by atoms with Gasteiger partial charge in [-0.2, -0.15) is 4.98 Å². The molecule has 8 nitrogen and oxygen atoms in total. The van der Waals surface area contributed by atoms with Gasteiger partial charge in [0, 0.05) is 10.7 Å². The Morgan fingerprint density at radius 3 is 2.90 bits per heavy atom. The molecule has 3 aromatic heterocycles. The summed E-state index contributed by atoms with van der Waals surface area (Å²) in [4.78, 5) is 24.2. The van der Waals surface area contributed by atoms with Gasteiger partial charge in [0.05, 0.1) is 13.6 Å². The average Bonchev–Trinajstić information content (AvgIpc) is 3.51. The molecule has 2 aliphatic carbocycles. The molecular weight excluding hydrogens is 568 g/mol. The van der Waals surface area contributed by atoms with Crippen molar-refractivity contribution in [2.45, 2.75) is 72.8 Å². The Bertz CT molecular complexity index is 1470. The maximum atomic E-state index is 12.7. The zero-order valence-electron chi connectivity index (χ0n) is 24.3. The summed E-state index contributed by atoms with van der Waals surface area (Å²) < 4.78 is 10.8. The molecule has 0 radical (unpaired) electrons. The van der Waals surface area contributed by atoms with Crippen molar-refractivity contribution in [1.82, 2.24) is 19.5 Å². The number of nitrogens with one attached hydrogen (secondary N) is 1. The minimum atomic E-state index is -0.303. The maximum absolute atomic E-state index is 12.7. The number of halogens is 1. The summed E-state index contributed by atoms with van der Waals surface area (Å²) in [5.74, 6) is 1.40. The van der Waals surface area contributed by atoms with Gasteiger partial charge in [0.15, 0.2) is 18.5 Å². The molecule has 4 atom stereocenters. The van der Waals surface area contributed by atoms with Gasteiger partial charge in [-0.1, -0.05) is 43.5 Å². The van der Waals surface area contributed by atoms with E-state index in [9.17, 15) is 4.79 Å². The van der Waals surface area contributed by atoms with Gasteiger partial charge in [-0.15, -0.1) is 0 Å². The highest BCUT2D eigenvalue weighted by Crippen LogP contribution is 2.62. The van der Waals surface area contributed by atoms with Gasteiger partial charge in [-0.25, -0.2) is 9.36 Å². The van der Waals surface area contributed by atoms with E-state index in [0.717, 1.165) is 47.9 Å². The summed E-state index contributed by atoms with van der Waals surface area (Å²) >= 11 is 3.39. The lowest BCUT2D eigenvalue weighted by Gasteiger charge is -2.58. The van der Waals surface area contributed by atoms with Crippen molar-refractivity contribution in [2.24, 2.45) is 29.7 Å². The summed E-state index contributed by atoms with van der Waals surface area (Å²) in [7, 11) is 1.98. The van der Waals surface area contributed by atoms with Gasteiger partial charge in [-0.05, 0) is 95.7 Å². The van der Waals surface area contributed by atoms with Crippen LogP contribution in [-0.2, 0) is 18.3 Å². The van der Waals surface area contributed by atoms with Crippen LogP contribution >= 0.6 is 15.9 Å². The van der Waals surface area contributed by atoms with Gasteiger partial charge in [0.25, 0.3) is 0 Å². The largest absolute Gasteiger partial charge is 0.456 e. The normalized spacial score (nSPS) is 26.9. The van der Waals surface area contributed by atoms with Crippen molar-refractivity contribution in [3.05, 3.63) is 58.4 Å². The van der Waals surface area contributed by atoms with Crippen LogP contribution in [-0.4, -0.2) is 32.1 Å². The molecule has 214 valence electrons. The van der Waals surface area contributed by atoms with Gasteiger partial charge in [0.2, 0.25) is 5.52 Å². The summed E-state index contributed by atoms with van der Waals surface area (Å²) in [5.41, 5.74) is 11.3. The number of rotatable bonds is 8. The molecule has 0 unspecified atom stereocenters. The van der Waals surface area contributed by atoms with Crippen LogP contribution < -0.4 is 10.3 Å². The molecule has 0 aromatic carbocycles. The summed E-state index contributed by atoms with van der Waals surface area (Å²) in [6.45, 7) is 10.7. The second-order valence-corrected chi connectivity index (χ2v) is 13.3. The number of esters is 1. The van der Waals surface area contributed by atoms with Crippen LogP contribution in [0.4, 0.5) is 5.82 Å². The number of carbonyl (C=O) groups excluding carboxylic acids is 1. The van der Waals surface area contributed by atoms with Crippen molar-refractivity contribution in [3.63, 3.8) is 0 Å². The number of aromatic amines is 1. The minimum absolute atomic E-state index is 0.0457. The topological polar surface area (TPSA) is 103 Å². The first-order valence-corrected chi connectivity index (χ1v) is 15.1. The Labute approximate surface area is 245 Å². The van der Waals surface area contributed by atoms with Gasteiger partial charge in [-0.3, -0.25) is 4.57 Å². The number of nitrogens with two attached hydrogens (primary N) is 1. The predicted octanol–water partition coefficient (Wildman–Crippen LogP) is 6.29. The predicted molar refractivity (Wildman–Crippen MR) is 160 cm³/mol. The number of nitrogens with zero attached hydrogens (tertiary/aromatic N) is 4. The van der Waals surface area contributed by atoms with E-state index in [1.807, 2.05) is 17.9 Å². The van der Waals surface area contributed by atoms with E-state index in [-0.39, 0.29) is 16.8 Å². The quantitative estimate of drug-likeness (QED) is 0.177. The third kappa shape index (κ3) is 5.24. The standard InChI is InChI=1S/C31H41BrN6O2/c1-20(11-14-38-19-37(5)28-26(38)27(33)35-18-36-28)9-12-30(3)21(2)10-13-31(4)22(7-6-8-25(30)31)17-40-29(39)24-15-23(32)16-34-24/h7,11,15-16,18-19,21,25H,6,8-10,12-14,17H2,1-5H3,(H2-,33,34,35,36,39)/p+1/b20-11+/t21-,25+,30+,31+/m1/s1. The Hall–Kier alpha value is -2.94. The smallest absolute Gasteiger partial charge is 0.355 e. The molecule has 0 spiro atoms. The van der Waals surface area contributed by atoms with Crippen molar-refractivity contribution < 1.29 is 14.1 Å². The number of allylic oxidation sites excluding steroid dienone is 3. The Balaban J connectivity index is 1.27. The number of hydrogen-bond acceptors (Lipinski definition) is 5. The number of fused-ring (bicyclic) bond motifs is 2. The minimum Gasteiger partial charge on any atom is -0.456 e. The van der Waals surface area contributed by atoms with Crippen LogP contribution in [0, 0.1) is 22.7 Å². The Morgan fingerprint density at radius 1 is 1.35 bits per heavy atom. The average molecular weight is 611 g/mol. The number of imidazole rings is 1. The van der Waals surface area contributed by atoms with Gasteiger partial charge >= 0.3 is 11.6 Å². The first kappa shape index (κ1) is 28.6. The Morgan fingerprint density at radius 2 is 2.15 bits per heavy atom. The van der Waals surface area contributed by atoms with Crippen LogP contribution in [0.25, 0.3) is 11.2 Å². The second kappa shape index (κ2) is 11.1. The molecule has 0 amide bonds. The van der Waals surface area contributed by atoms with Crippen LogP contribution in [0.1, 0.15) is 76.7 Å². The molecule has 1 saturated carbocycles. The lowest BCUT2D eigenvalue weighted by Crippen LogP contribution is -2.50. The van der Waals surface area contributed by atoms with Crippen molar-refractivity contribution in [1.29, 1.82) is 0 Å². The summed E-state index contributed by atoms with van der Waals surface area (Å²) in [6, 6.07) is 1.76. The van der Waals surface area contributed by atoms with Gasteiger partial charge in [0.1, 0.15) is 12.3 Å². The second-order valence-electron chi connectivity index (χ2n) is 12.4. The fourth-order valence-corrected chi connectivity index (χ4v) is 7.68. The third-order valence-electron chi connectivity index (χ3n) is 10.1. The third-order valence-corrected chi connectivity index (χ3v) is 10.5. The molecule has 1 fully saturated rings. The molecule has 0 bridgehead atoms. The van der Waals surface area contributed by atoms with E-state index in [1.165, 1.54) is 30.3 Å². The summed E-state index contributed by atoms with van der Waals surface area (Å²) in [6.07, 6.45) is 16.7. The van der Waals surface area contributed by atoms with E-state index in [0.29, 0.717) is 30.0 Å². The highest BCUT2D eigenvalue weighted by molar-refractivity contribution is 9.10. The lowest BCUT2D eigenvalue weighted by atomic mass is 9.47. The monoisotopic (exact) mass is 609 g/mol.